The quantitative estimate of drug-likeness (QED) is 0.254. The monoisotopic (exact) mass is 490 g/mol. The summed E-state index contributed by atoms with van der Waals surface area (Å²) < 4.78 is 31.2. The molecule has 0 saturated heterocycles. The van der Waals surface area contributed by atoms with Gasteiger partial charge >= 0.3 is 35.8 Å². The summed E-state index contributed by atoms with van der Waals surface area (Å²) in [5.74, 6) is -5.08. The maximum atomic E-state index is 11.9. The Bertz CT molecular complexity index is 760. The summed E-state index contributed by atoms with van der Waals surface area (Å²) in [4.78, 5) is 70.5. The van der Waals surface area contributed by atoms with Crippen LogP contribution >= 0.6 is 0 Å². The second-order valence-electron chi connectivity index (χ2n) is 7.72. The van der Waals surface area contributed by atoms with E-state index in [-0.39, 0.29) is 19.4 Å². The van der Waals surface area contributed by atoms with Gasteiger partial charge in [-0.1, -0.05) is 0 Å². The van der Waals surface area contributed by atoms with Crippen LogP contribution in [0.1, 0.15) is 54.4 Å². The third kappa shape index (κ3) is 7.97. The van der Waals surface area contributed by atoms with Crippen LogP contribution in [0.25, 0.3) is 0 Å². The van der Waals surface area contributed by atoms with Gasteiger partial charge in [0.25, 0.3) is 0 Å². The van der Waals surface area contributed by atoms with Crippen molar-refractivity contribution in [3.05, 3.63) is 0 Å². The minimum Gasteiger partial charge on any atom is -0.466 e. The van der Waals surface area contributed by atoms with Gasteiger partial charge in [0.05, 0.1) is 6.61 Å². The van der Waals surface area contributed by atoms with Crippen molar-refractivity contribution in [3.63, 3.8) is 0 Å². The molecule has 1 aliphatic rings. The van der Waals surface area contributed by atoms with Gasteiger partial charge in [-0.05, 0) is 12.8 Å². The summed E-state index contributed by atoms with van der Waals surface area (Å²) >= 11 is 0. The second kappa shape index (κ2) is 12.3. The zero-order valence-electron chi connectivity index (χ0n) is 19.9. The van der Waals surface area contributed by atoms with Crippen molar-refractivity contribution >= 4 is 35.8 Å². The van der Waals surface area contributed by atoms with Gasteiger partial charge in [0.1, 0.15) is 5.60 Å². The summed E-state index contributed by atoms with van der Waals surface area (Å²) in [5, 5.41) is 11.8. The smallest absolute Gasteiger partial charge is 0.303 e. The van der Waals surface area contributed by atoms with Crippen LogP contribution in [-0.2, 0) is 57.2 Å². The van der Waals surface area contributed by atoms with Crippen LogP contribution in [0.4, 0.5) is 0 Å². The molecule has 0 spiro atoms. The van der Waals surface area contributed by atoms with E-state index in [1.807, 2.05) is 0 Å². The van der Waals surface area contributed by atoms with Crippen LogP contribution in [0.2, 0.25) is 0 Å². The number of rotatable bonds is 9. The molecule has 0 bridgehead atoms. The van der Waals surface area contributed by atoms with E-state index < -0.39 is 71.9 Å². The summed E-state index contributed by atoms with van der Waals surface area (Å²) in [6.45, 7) is 6.12. The minimum absolute atomic E-state index is 0.0244. The fourth-order valence-corrected chi connectivity index (χ4v) is 3.78. The first-order valence-corrected chi connectivity index (χ1v) is 10.4. The van der Waals surface area contributed by atoms with E-state index in [2.05, 4.69) is 0 Å². The van der Waals surface area contributed by atoms with Crippen LogP contribution in [0, 0.1) is 0 Å². The van der Waals surface area contributed by atoms with E-state index >= 15 is 0 Å². The maximum Gasteiger partial charge on any atom is 0.303 e. The van der Waals surface area contributed by atoms with Crippen LogP contribution in [0.3, 0.4) is 0 Å². The average Bonchev–Trinajstić information content (AvgIpc) is 2.66. The summed E-state index contributed by atoms with van der Waals surface area (Å²) in [7, 11) is 0. The van der Waals surface area contributed by atoms with Gasteiger partial charge in [0.15, 0.2) is 30.5 Å². The molecule has 1 aliphatic carbocycles. The number of aliphatic hydroxyl groups is 1. The highest BCUT2D eigenvalue weighted by molar-refractivity contribution is 5.70. The van der Waals surface area contributed by atoms with Crippen LogP contribution in [-0.4, -0.2) is 83.7 Å². The van der Waals surface area contributed by atoms with Crippen molar-refractivity contribution in [1.82, 2.24) is 0 Å². The minimum atomic E-state index is -2.33. The molecule has 1 fully saturated rings. The SMILES string of the molecule is CC(=O)OCCCC1(O)C(OC(C)=O)C(OC(C)=O)C(OC(C)=O)C(OC(C)=O)C1OC(C)=O. The van der Waals surface area contributed by atoms with Gasteiger partial charge in [0.2, 0.25) is 0 Å². The van der Waals surface area contributed by atoms with Gasteiger partial charge in [-0.25, -0.2) is 0 Å². The van der Waals surface area contributed by atoms with Gasteiger partial charge in [-0.15, -0.1) is 0 Å². The largest absolute Gasteiger partial charge is 0.466 e. The normalized spacial score (nSPS) is 28.1. The molecule has 192 valence electrons. The highest BCUT2D eigenvalue weighted by atomic mass is 16.7. The summed E-state index contributed by atoms with van der Waals surface area (Å²) in [5.41, 5.74) is -2.33. The first-order chi connectivity index (χ1) is 15.7. The number of carbonyl (C=O) groups excluding carboxylic acids is 6. The lowest BCUT2D eigenvalue weighted by molar-refractivity contribution is -0.287. The molecule has 13 heteroatoms. The average molecular weight is 490 g/mol. The third-order valence-corrected chi connectivity index (χ3v) is 4.75. The molecule has 13 nitrogen and oxygen atoms in total. The van der Waals surface area contributed by atoms with E-state index in [0.717, 1.165) is 34.6 Å². The van der Waals surface area contributed by atoms with Crippen molar-refractivity contribution in [2.45, 2.75) is 90.5 Å². The fourth-order valence-electron chi connectivity index (χ4n) is 3.78. The molecular formula is C21H30O13. The zero-order chi connectivity index (χ0) is 26.2. The van der Waals surface area contributed by atoms with Crippen molar-refractivity contribution in [1.29, 1.82) is 0 Å². The molecule has 34 heavy (non-hydrogen) atoms. The fraction of sp³-hybridized carbons (Fsp3) is 0.714. The molecule has 0 radical (unpaired) electrons. The van der Waals surface area contributed by atoms with E-state index in [1.165, 1.54) is 6.92 Å². The number of ether oxygens (including phenoxy) is 6. The highest BCUT2D eigenvalue weighted by Gasteiger charge is 2.66. The molecule has 0 aromatic heterocycles. The molecule has 0 aromatic carbocycles. The lowest BCUT2D eigenvalue weighted by atomic mass is 9.71. The first kappa shape index (κ1) is 28.8. The Balaban J connectivity index is 3.70. The van der Waals surface area contributed by atoms with Crippen LogP contribution in [0.5, 0.6) is 0 Å². The van der Waals surface area contributed by atoms with Gasteiger partial charge < -0.3 is 33.5 Å². The maximum absolute atomic E-state index is 11.9. The van der Waals surface area contributed by atoms with E-state index in [1.54, 1.807) is 0 Å². The molecule has 1 N–H and O–H groups in total. The Morgan fingerprint density at radius 2 is 0.941 bits per heavy atom. The van der Waals surface area contributed by atoms with E-state index in [0.29, 0.717) is 0 Å². The first-order valence-electron chi connectivity index (χ1n) is 10.4. The molecule has 0 heterocycles. The molecular weight excluding hydrogens is 460 g/mol. The Hall–Kier alpha value is -3.22. The topological polar surface area (TPSA) is 178 Å². The zero-order valence-corrected chi connectivity index (χ0v) is 19.9. The molecule has 0 aliphatic heterocycles. The standard InChI is InChI=1S/C21H30O13/c1-10(22)29-9-7-8-21(28)19(33-14(5)26)17(31-12(3)24)16(30-11(2)23)18(32-13(4)25)20(21)34-15(6)27/h16-20,28H,7-9H2,1-6H3. The molecule has 1 saturated carbocycles. The lowest BCUT2D eigenvalue weighted by Gasteiger charge is -2.52. The van der Waals surface area contributed by atoms with Crippen molar-refractivity contribution in [3.8, 4) is 0 Å². The Labute approximate surface area is 195 Å². The van der Waals surface area contributed by atoms with Crippen LogP contribution in [0.15, 0.2) is 0 Å². The summed E-state index contributed by atoms with van der Waals surface area (Å²) in [6, 6.07) is 0. The Morgan fingerprint density at radius 3 is 1.26 bits per heavy atom. The van der Waals surface area contributed by atoms with Gasteiger partial charge in [0, 0.05) is 41.5 Å². The molecule has 4 unspecified atom stereocenters. The van der Waals surface area contributed by atoms with Gasteiger partial charge in [-0.3, -0.25) is 28.8 Å². The molecule has 4 atom stereocenters. The van der Waals surface area contributed by atoms with Crippen molar-refractivity contribution in [2.24, 2.45) is 0 Å². The number of hydrogen-bond donors (Lipinski definition) is 1. The van der Waals surface area contributed by atoms with E-state index in [9.17, 15) is 33.9 Å². The van der Waals surface area contributed by atoms with Crippen molar-refractivity contribution in [2.75, 3.05) is 6.61 Å². The number of esters is 6. The van der Waals surface area contributed by atoms with Gasteiger partial charge in [-0.2, -0.15) is 0 Å². The van der Waals surface area contributed by atoms with Crippen LogP contribution < -0.4 is 0 Å². The Kier molecular flexibility index (Phi) is 10.4. The number of hydrogen-bond acceptors (Lipinski definition) is 13. The van der Waals surface area contributed by atoms with Crippen molar-refractivity contribution < 1.29 is 62.3 Å². The third-order valence-electron chi connectivity index (χ3n) is 4.75. The molecule has 0 aromatic rings. The van der Waals surface area contributed by atoms with E-state index in [4.69, 9.17) is 28.4 Å². The lowest BCUT2D eigenvalue weighted by Crippen LogP contribution is -2.74. The summed E-state index contributed by atoms with van der Waals surface area (Å²) in [6.07, 6.45) is -8.74. The highest BCUT2D eigenvalue weighted by Crippen LogP contribution is 2.41. The number of carbonyl (C=O) groups is 6. The molecule has 0 amide bonds. The molecule has 1 rings (SSSR count). The predicted molar refractivity (Wildman–Crippen MR) is 109 cm³/mol. The predicted octanol–water partition coefficient (Wildman–Crippen LogP) is -0.267. The second-order valence-corrected chi connectivity index (χ2v) is 7.72. The Morgan fingerprint density at radius 1 is 0.588 bits per heavy atom.